The number of hydrogen-bond donors (Lipinski definition) is 1. The number of hydrogen-bond acceptors (Lipinski definition) is 3. The Balaban J connectivity index is 1.53. The molecule has 0 bridgehead atoms. The molecule has 1 saturated heterocycles. The smallest absolute Gasteiger partial charge is 0.223 e. The summed E-state index contributed by atoms with van der Waals surface area (Å²) in [5, 5.41) is 2.93. The first-order valence-corrected chi connectivity index (χ1v) is 9.33. The monoisotopic (exact) mass is 344 g/mol. The van der Waals surface area contributed by atoms with Crippen molar-refractivity contribution in [2.75, 3.05) is 13.2 Å². The van der Waals surface area contributed by atoms with Crippen molar-refractivity contribution in [2.24, 2.45) is 5.92 Å². The molecule has 0 spiro atoms. The Morgan fingerprint density at radius 2 is 1.92 bits per heavy atom. The van der Waals surface area contributed by atoms with Gasteiger partial charge in [-0.15, -0.1) is 0 Å². The van der Waals surface area contributed by atoms with Crippen LogP contribution in [0, 0.1) is 5.92 Å². The van der Waals surface area contributed by atoms with Crippen molar-refractivity contribution in [1.29, 1.82) is 0 Å². The second-order valence-electron chi connectivity index (χ2n) is 7.22. The Labute approximate surface area is 149 Å². The Morgan fingerprint density at radius 1 is 1.20 bits per heavy atom. The fourth-order valence-corrected chi connectivity index (χ4v) is 3.57. The predicted octanol–water partition coefficient (Wildman–Crippen LogP) is 2.67. The second-order valence-corrected chi connectivity index (χ2v) is 7.22. The highest BCUT2D eigenvalue weighted by Crippen LogP contribution is 2.31. The normalized spacial score (nSPS) is 26.3. The minimum Gasteiger partial charge on any atom is -0.369 e. The van der Waals surface area contributed by atoms with Crippen LogP contribution in [0.2, 0.25) is 0 Å². The average Bonchev–Trinajstić information content (AvgIpc) is 3.44. The topological polar surface area (TPSA) is 58.6 Å². The van der Waals surface area contributed by atoms with E-state index in [1.165, 1.54) is 0 Å². The van der Waals surface area contributed by atoms with Crippen molar-refractivity contribution in [3.63, 3.8) is 0 Å². The molecule has 5 nitrogen and oxygen atoms in total. The maximum atomic E-state index is 12.7. The molecular formula is C20H28N2O3. The van der Waals surface area contributed by atoms with E-state index in [0.717, 1.165) is 18.4 Å². The summed E-state index contributed by atoms with van der Waals surface area (Å²) < 4.78 is 6.01. The first-order chi connectivity index (χ1) is 12.1. The van der Waals surface area contributed by atoms with Crippen LogP contribution in [0.1, 0.15) is 51.2 Å². The van der Waals surface area contributed by atoms with Crippen molar-refractivity contribution >= 4 is 11.8 Å². The number of nitrogens with zero attached hydrogens (tertiary/aromatic N) is 1. The molecule has 1 aromatic carbocycles. The van der Waals surface area contributed by atoms with Crippen LogP contribution in [0.5, 0.6) is 0 Å². The standard InChI is InChI=1S/C20H28N2O3/c1-14-13-25-19(16-7-4-3-5-8-16)15(2)22(14)18(23)9-6-12-21-20(24)17-10-11-17/h3-5,7-8,14-15,17,19H,6,9-13H2,1-2H3,(H,21,24)/t14-,15-,19-/m1/s1. The maximum absolute atomic E-state index is 12.7. The molecule has 1 heterocycles. The van der Waals surface area contributed by atoms with E-state index in [-0.39, 0.29) is 35.9 Å². The van der Waals surface area contributed by atoms with Crippen molar-refractivity contribution in [1.82, 2.24) is 10.2 Å². The third kappa shape index (κ3) is 4.40. The van der Waals surface area contributed by atoms with Gasteiger partial charge < -0.3 is 15.0 Å². The van der Waals surface area contributed by atoms with Crippen LogP contribution in [-0.4, -0.2) is 41.9 Å². The summed E-state index contributed by atoms with van der Waals surface area (Å²) in [4.78, 5) is 26.3. The Morgan fingerprint density at radius 3 is 2.60 bits per heavy atom. The summed E-state index contributed by atoms with van der Waals surface area (Å²) in [6.07, 6.45) is 3.07. The largest absolute Gasteiger partial charge is 0.369 e. The van der Waals surface area contributed by atoms with Gasteiger partial charge >= 0.3 is 0 Å². The van der Waals surface area contributed by atoms with Crippen molar-refractivity contribution in [3.05, 3.63) is 35.9 Å². The van der Waals surface area contributed by atoms with Crippen molar-refractivity contribution in [2.45, 2.75) is 57.7 Å². The van der Waals surface area contributed by atoms with E-state index < -0.39 is 0 Å². The molecule has 0 radical (unpaired) electrons. The first-order valence-electron chi connectivity index (χ1n) is 9.33. The number of morpholine rings is 1. The Hall–Kier alpha value is -1.88. The molecule has 2 aliphatic rings. The number of carbonyl (C=O) groups excluding carboxylic acids is 2. The number of ether oxygens (including phenoxy) is 1. The second kappa shape index (κ2) is 8.00. The molecule has 3 atom stereocenters. The van der Waals surface area contributed by atoms with Gasteiger partial charge in [-0.25, -0.2) is 0 Å². The molecule has 3 rings (SSSR count). The zero-order valence-electron chi connectivity index (χ0n) is 15.1. The summed E-state index contributed by atoms with van der Waals surface area (Å²) in [6, 6.07) is 10.2. The number of amides is 2. The molecule has 5 heteroatoms. The zero-order chi connectivity index (χ0) is 17.8. The SMILES string of the molecule is C[C@@H]1CO[C@@H](c2ccccc2)[C@@H](C)N1C(=O)CCCNC(=O)C1CC1. The Bertz CT molecular complexity index is 600. The molecule has 136 valence electrons. The molecule has 1 N–H and O–H groups in total. The average molecular weight is 344 g/mol. The quantitative estimate of drug-likeness (QED) is 0.807. The van der Waals surface area contributed by atoms with Crippen LogP contribution in [0.25, 0.3) is 0 Å². The molecule has 0 unspecified atom stereocenters. The summed E-state index contributed by atoms with van der Waals surface area (Å²) in [7, 11) is 0. The number of carbonyl (C=O) groups is 2. The van der Waals surface area contributed by atoms with E-state index in [1.54, 1.807) is 0 Å². The van der Waals surface area contributed by atoms with E-state index in [4.69, 9.17) is 4.74 Å². The fourth-order valence-electron chi connectivity index (χ4n) is 3.57. The van der Waals surface area contributed by atoms with Gasteiger partial charge in [-0.3, -0.25) is 9.59 Å². The van der Waals surface area contributed by atoms with Gasteiger partial charge in [-0.2, -0.15) is 0 Å². The molecular weight excluding hydrogens is 316 g/mol. The number of rotatable bonds is 6. The lowest BCUT2D eigenvalue weighted by atomic mass is 9.98. The first kappa shape index (κ1) is 17.9. The van der Waals surface area contributed by atoms with Crippen LogP contribution < -0.4 is 5.32 Å². The highest BCUT2D eigenvalue weighted by molar-refractivity contribution is 5.81. The van der Waals surface area contributed by atoms with Gasteiger partial charge in [0.1, 0.15) is 6.10 Å². The lowest BCUT2D eigenvalue weighted by molar-refractivity contribution is -0.153. The molecule has 2 amide bonds. The number of nitrogens with one attached hydrogen (secondary N) is 1. The summed E-state index contributed by atoms with van der Waals surface area (Å²) in [5.41, 5.74) is 1.11. The van der Waals surface area contributed by atoms with Crippen molar-refractivity contribution in [3.8, 4) is 0 Å². The molecule has 1 aliphatic carbocycles. The molecule has 1 aliphatic heterocycles. The van der Waals surface area contributed by atoms with E-state index in [2.05, 4.69) is 12.2 Å². The fraction of sp³-hybridized carbons (Fsp3) is 0.600. The van der Waals surface area contributed by atoms with Gasteiger partial charge in [0, 0.05) is 18.9 Å². The molecule has 0 aromatic heterocycles. The van der Waals surface area contributed by atoms with Crippen LogP contribution in [-0.2, 0) is 14.3 Å². The third-order valence-corrected chi connectivity index (χ3v) is 5.10. The van der Waals surface area contributed by atoms with E-state index >= 15 is 0 Å². The van der Waals surface area contributed by atoms with Gasteiger partial charge in [0.15, 0.2) is 0 Å². The molecule has 25 heavy (non-hydrogen) atoms. The van der Waals surface area contributed by atoms with Gasteiger partial charge in [-0.05, 0) is 38.7 Å². The lowest BCUT2D eigenvalue weighted by Crippen LogP contribution is -2.53. The molecule has 2 fully saturated rings. The summed E-state index contributed by atoms with van der Waals surface area (Å²) in [6.45, 7) is 5.22. The molecule has 1 saturated carbocycles. The molecule has 1 aromatic rings. The van der Waals surface area contributed by atoms with Crippen LogP contribution in [0.4, 0.5) is 0 Å². The van der Waals surface area contributed by atoms with E-state index in [0.29, 0.717) is 26.0 Å². The number of benzene rings is 1. The van der Waals surface area contributed by atoms with Gasteiger partial charge in [0.05, 0.1) is 18.7 Å². The van der Waals surface area contributed by atoms with Gasteiger partial charge in [0.25, 0.3) is 0 Å². The van der Waals surface area contributed by atoms with E-state index in [9.17, 15) is 9.59 Å². The van der Waals surface area contributed by atoms with Crippen LogP contribution >= 0.6 is 0 Å². The third-order valence-electron chi connectivity index (χ3n) is 5.10. The summed E-state index contributed by atoms with van der Waals surface area (Å²) >= 11 is 0. The Kier molecular flexibility index (Phi) is 5.74. The van der Waals surface area contributed by atoms with Crippen LogP contribution in [0.3, 0.4) is 0 Å². The predicted molar refractivity (Wildman–Crippen MR) is 95.9 cm³/mol. The minimum absolute atomic E-state index is 0.000273. The minimum atomic E-state index is -0.0871. The maximum Gasteiger partial charge on any atom is 0.223 e. The summed E-state index contributed by atoms with van der Waals surface area (Å²) in [5.74, 6) is 0.510. The van der Waals surface area contributed by atoms with Gasteiger partial charge in [-0.1, -0.05) is 30.3 Å². The highest BCUT2D eigenvalue weighted by atomic mass is 16.5. The zero-order valence-corrected chi connectivity index (χ0v) is 15.1. The van der Waals surface area contributed by atoms with Gasteiger partial charge in [0.2, 0.25) is 11.8 Å². The van der Waals surface area contributed by atoms with Crippen LogP contribution in [0.15, 0.2) is 30.3 Å². The lowest BCUT2D eigenvalue weighted by Gasteiger charge is -2.44. The highest BCUT2D eigenvalue weighted by Gasteiger charge is 2.36. The van der Waals surface area contributed by atoms with Crippen molar-refractivity contribution < 1.29 is 14.3 Å². The van der Waals surface area contributed by atoms with E-state index in [1.807, 2.05) is 42.2 Å².